The molecule has 1 saturated heterocycles. The van der Waals surface area contributed by atoms with E-state index in [1.54, 1.807) is 11.8 Å². The smallest absolute Gasteiger partial charge is 0.257 e. The zero-order valence-corrected chi connectivity index (χ0v) is 21.3. The summed E-state index contributed by atoms with van der Waals surface area (Å²) in [6, 6.07) is 21.3. The number of nitrogens with zero attached hydrogens (tertiary/aromatic N) is 4. The minimum Gasteiger partial charge on any atom is -0.340 e. The van der Waals surface area contributed by atoms with Crippen molar-refractivity contribution in [3.05, 3.63) is 93.4 Å². The molecule has 186 valence electrons. The van der Waals surface area contributed by atoms with Gasteiger partial charge in [-0.3, -0.25) is 19.1 Å². The van der Waals surface area contributed by atoms with Gasteiger partial charge in [-0.1, -0.05) is 72.4 Å². The lowest BCUT2D eigenvalue weighted by Crippen LogP contribution is -2.50. The first kappa shape index (κ1) is 23.5. The largest absolute Gasteiger partial charge is 0.340 e. The van der Waals surface area contributed by atoms with Gasteiger partial charge in [0.05, 0.1) is 17.8 Å². The Hall–Kier alpha value is -2.90. The molecular weight excluding hydrogens is 468 g/mol. The Morgan fingerprint density at radius 1 is 0.917 bits per heavy atom. The van der Waals surface area contributed by atoms with E-state index in [0.29, 0.717) is 19.5 Å². The van der Waals surface area contributed by atoms with E-state index < -0.39 is 0 Å². The van der Waals surface area contributed by atoms with Crippen LogP contribution in [0, 0.1) is 0 Å². The summed E-state index contributed by atoms with van der Waals surface area (Å²) in [5.41, 5.74) is 4.51. The molecule has 3 aromatic rings. The Morgan fingerprint density at radius 3 is 2.22 bits per heavy atom. The van der Waals surface area contributed by atoms with Crippen LogP contribution in [-0.2, 0) is 17.6 Å². The summed E-state index contributed by atoms with van der Waals surface area (Å²) in [5, 5.41) is 0.803. The zero-order valence-electron chi connectivity index (χ0n) is 20.5. The summed E-state index contributed by atoms with van der Waals surface area (Å²) in [6.45, 7) is 3.06. The van der Waals surface area contributed by atoms with Crippen molar-refractivity contribution in [3.63, 3.8) is 0 Å². The van der Waals surface area contributed by atoms with Gasteiger partial charge in [-0.15, -0.1) is 0 Å². The Labute approximate surface area is 216 Å². The van der Waals surface area contributed by atoms with Crippen LogP contribution in [0.15, 0.2) is 70.6 Å². The van der Waals surface area contributed by atoms with Crippen molar-refractivity contribution in [1.29, 1.82) is 0 Å². The van der Waals surface area contributed by atoms with Crippen molar-refractivity contribution < 1.29 is 4.79 Å². The van der Waals surface area contributed by atoms with Crippen LogP contribution in [0.5, 0.6) is 0 Å². The highest BCUT2D eigenvalue weighted by atomic mass is 32.2. The van der Waals surface area contributed by atoms with Gasteiger partial charge in [-0.25, -0.2) is 4.98 Å². The second-order valence-corrected chi connectivity index (χ2v) is 11.0. The molecule has 0 spiro atoms. The first-order chi connectivity index (χ1) is 17.7. The summed E-state index contributed by atoms with van der Waals surface area (Å²) in [6.07, 6.45) is 4.26. The third kappa shape index (κ3) is 4.50. The summed E-state index contributed by atoms with van der Waals surface area (Å²) >= 11 is 1.62. The van der Waals surface area contributed by atoms with Crippen molar-refractivity contribution in [2.45, 2.75) is 49.3 Å². The Kier molecular flexibility index (Phi) is 6.67. The number of fused-ring (bicyclic) bond motifs is 2. The molecule has 0 bridgehead atoms. The quantitative estimate of drug-likeness (QED) is 0.494. The molecule has 1 amide bonds. The number of rotatable bonds is 5. The summed E-state index contributed by atoms with van der Waals surface area (Å²) in [5.74, 6) is 0.898. The number of carbonyl (C=O) groups is 1. The third-order valence-electron chi connectivity index (χ3n) is 7.80. The highest BCUT2D eigenvalue weighted by molar-refractivity contribution is 7.99. The lowest BCUT2D eigenvalue weighted by molar-refractivity contribution is -0.133. The number of hydrogen-bond donors (Lipinski definition) is 0. The molecule has 2 aromatic carbocycles. The van der Waals surface area contributed by atoms with Gasteiger partial charge in [-0.2, -0.15) is 0 Å². The third-order valence-corrected chi connectivity index (χ3v) is 8.89. The molecule has 0 saturated carbocycles. The maximum atomic E-state index is 13.3. The molecule has 1 atom stereocenters. The highest BCUT2D eigenvalue weighted by Gasteiger charge is 2.33. The number of piperazine rings is 1. The first-order valence-electron chi connectivity index (χ1n) is 13.1. The van der Waals surface area contributed by atoms with Gasteiger partial charge in [0.1, 0.15) is 0 Å². The number of amides is 1. The standard InChI is InChI=1S/C29H32N4O2S/c34-26(19-23-20-36-29-30-25-14-8-7-13-24(25)28(35)33(23)29)31-15-17-32(18-16-31)27(21-9-3-1-4-10-21)22-11-5-2-6-12-22/h1-6,9-12,23,27H,7-8,13-20H2. The van der Waals surface area contributed by atoms with E-state index in [4.69, 9.17) is 4.98 Å². The number of aryl methyl sites for hydroxylation is 1. The molecule has 1 aliphatic carbocycles. The molecule has 1 fully saturated rings. The molecule has 1 unspecified atom stereocenters. The molecule has 36 heavy (non-hydrogen) atoms. The predicted molar refractivity (Wildman–Crippen MR) is 142 cm³/mol. The molecule has 6 nitrogen and oxygen atoms in total. The van der Waals surface area contributed by atoms with Gasteiger partial charge >= 0.3 is 0 Å². The van der Waals surface area contributed by atoms with E-state index in [1.807, 2.05) is 9.47 Å². The van der Waals surface area contributed by atoms with Crippen molar-refractivity contribution in [3.8, 4) is 0 Å². The van der Waals surface area contributed by atoms with Crippen LogP contribution in [0.25, 0.3) is 0 Å². The number of thioether (sulfide) groups is 1. The molecule has 2 aliphatic heterocycles. The van der Waals surface area contributed by atoms with Gasteiger partial charge in [0.25, 0.3) is 5.56 Å². The molecule has 3 heterocycles. The van der Waals surface area contributed by atoms with E-state index in [-0.39, 0.29) is 23.6 Å². The second kappa shape index (κ2) is 10.2. The Morgan fingerprint density at radius 2 is 1.56 bits per heavy atom. The molecule has 3 aliphatic rings. The maximum absolute atomic E-state index is 13.3. The zero-order chi connectivity index (χ0) is 24.5. The molecule has 6 rings (SSSR count). The maximum Gasteiger partial charge on any atom is 0.257 e. The Bertz CT molecular complexity index is 1250. The SMILES string of the molecule is O=C(CC1CSc2nc3c(c(=O)n21)CCCC3)N1CCN(C(c2ccccc2)c2ccccc2)CC1. The van der Waals surface area contributed by atoms with Gasteiger partial charge in [0.15, 0.2) is 5.16 Å². The number of benzene rings is 2. The van der Waals surface area contributed by atoms with Crippen LogP contribution in [0.3, 0.4) is 0 Å². The van der Waals surface area contributed by atoms with E-state index in [9.17, 15) is 9.59 Å². The summed E-state index contributed by atoms with van der Waals surface area (Å²) in [4.78, 5) is 35.9. The molecule has 7 heteroatoms. The van der Waals surface area contributed by atoms with Gasteiger partial charge in [0.2, 0.25) is 5.91 Å². The van der Waals surface area contributed by atoms with Crippen LogP contribution in [0.4, 0.5) is 0 Å². The van der Waals surface area contributed by atoms with Crippen molar-refractivity contribution >= 4 is 17.7 Å². The van der Waals surface area contributed by atoms with Crippen LogP contribution >= 0.6 is 11.8 Å². The fraction of sp³-hybridized carbons (Fsp3) is 0.414. The van der Waals surface area contributed by atoms with Crippen molar-refractivity contribution in [2.75, 3.05) is 31.9 Å². The van der Waals surface area contributed by atoms with Gasteiger partial charge < -0.3 is 4.90 Å². The second-order valence-electron chi connectivity index (χ2n) is 10.0. The predicted octanol–water partition coefficient (Wildman–Crippen LogP) is 4.09. The fourth-order valence-electron chi connectivity index (χ4n) is 5.91. The first-order valence-corrected chi connectivity index (χ1v) is 14.1. The number of aromatic nitrogens is 2. The average molecular weight is 501 g/mol. The average Bonchev–Trinajstić information content (AvgIpc) is 3.33. The Balaban J connectivity index is 1.14. The van der Waals surface area contributed by atoms with Crippen molar-refractivity contribution in [1.82, 2.24) is 19.4 Å². The van der Waals surface area contributed by atoms with Gasteiger partial charge in [0, 0.05) is 43.9 Å². The minimum absolute atomic E-state index is 0.0934. The van der Waals surface area contributed by atoms with E-state index in [1.165, 1.54) is 11.1 Å². The normalized spacial score (nSPS) is 19.8. The lowest BCUT2D eigenvalue weighted by Gasteiger charge is -2.40. The molecular formula is C29H32N4O2S. The van der Waals surface area contributed by atoms with Crippen LogP contribution in [0.1, 0.15) is 53.7 Å². The molecule has 1 aromatic heterocycles. The summed E-state index contributed by atoms with van der Waals surface area (Å²) < 4.78 is 1.82. The van der Waals surface area contributed by atoms with Gasteiger partial charge in [-0.05, 0) is 36.8 Å². The fourth-order valence-corrected chi connectivity index (χ4v) is 7.06. The van der Waals surface area contributed by atoms with Crippen LogP contribution in [0.2, 0.25) is 0 Å². The van der Waals surface area contributed by atoms with Crippen LogP contribution < -0.4 is 5.56 Å². The monoisotopic (exact) mass is 500 g/mol. The number of carbonyl (C=O) groups excluding carboxylic acids is 1. The van der Waals surface area contributed by atoms with Crippen LogP contribution in [-0.4, -0.2) is 57.2 Å². The summed E-state index contributed by atoms with van der Waals surface area (Å²) in [7, 11) is 0. The van der Waals surface area contributed by atoms with Crippen molar-refractivity contribution in [2.24, 2.45) is 0 Å². The number of hydrogen-bond acceptors (Lipinski definition) is 5. The van der Waals surface area contributed by atoms with E-state index in [2.05, 4.69) is 65.6 Å². The lowest BCUT2D eigenvalue weighted by atomic mass is 9.96. The molecule has 0 N–H and O–H groups in total. The highest BCUT2D eigenvalue weighted by Crippen LogP contribution is 2.35. The van der Waals surface area contributed by atoms with E-state index >= 15 is 0 Å². The molecule has 0 radical (unpaired) electrons. The topological polar surface area (TPSA) is 58.4 Å². The van der Waals surface area contributed by atoms with E-state index in [0.717, 1.165) is 60.9 Å². The minimum atomic E-state index is -0.0934.